The third kappa shape index (κ3) is 2.29. The summed E-state index contributed by atoms with van der Waals surface area (Å²) in [6.07, 6.45) is -2.93. The molecular formula is C9H11F2NOS. The van der Waals surface area contributed by atoms with Gasteiger partial charge in [0.15, 0.2) is 0 Å². The predicted molar refractivity (Wildman–Crippen MR) is 51.5 cm³/mol. The zero-order chi connectivity index (χ0) is 10.7. The number of halogens is 2. The van der Waals surface area contributed by atoms with Crippen molar-refractivity contribution in [2.45, 2.75) is 19.4 Å². The van der Waals surface area contributed by atoms with Gasteiger partial charge in [0.25, 0.3) is 5.91 Å². The van der Waals surface area contributed by atoms with Gasteiger partial charge < -0.3 is 4.90 Å². The van der Waals surface area contributed by atoms with E-state index in [1.165, 1.54) is 18.4 Å². The van der Waals surface area contributed by atoms with E-state index in [0.717, 1.165) is 9.78 Å². The number of thiophene rings is 1. The van der Waals surface area contributed by atoms with Gasteiger partial charge in [0.05, 0.1) is 6.04 Å². The summed E-state index contributed by atoms with van der Waals surface area (Å²) in [5.74, 6) is -1.13. The lowest BCUT2D eigenvalue weighted by Gasteiger charge is -2.23. The van der Waals surface area contributed by atoms with Gasteiger partial charge in [-0.15, -0.1) is 11.3 Å². The van der Waals surface area contributed by atoms with E-state index in [0.29, 0.717) is 0 Å². The van der Waals surface area contributed by atoms with Crippen LogP contribution in [-0.4, -0.2) is 24.3 Å². The first kappa shape index (κ1) is 11.1. The zero-order valence-electron chi connectivity index (χ0n) is 7.91. The Morgan fingerprint density at radius 1 is 1.57 bits per heavy atom. The van der Waals surface area contributed by atoms with E-state index in [-0.39, 0.29) is 6.04 Å². The Morgan fingerprint density at radius 2 is 2.21 bits per heavy atom. The van der Waals surface area contributed by atoms with Crippen LogP contribution in [0, 0.1) is 0 Å². The lowest BCUT2D eigenvalue weighted by atomic mass is 10.2. The molecule has 1 heterocycles. The number of hydrogen-bond donors (Lipinski definition) is 0. The van der Waals surface area contributed by atoms with Crippen LogP contribution in [-0.2, 0) is 4.79 Å². The molecule has 0 spiro atoms. The molecule has 1 amide bonds. The maximum atomic E-state index is 12.1. The summed E-state index contributed by atoms with van der Waals surface area (Å²) in [5, 5.41) is 1.85. The lowest BCUT2D eigenvalue weighted by Crippen LogP contribution is -2.33. The quantitative estimate of drug-likeness (QED) is 0.765. The average Bonchev–Trinajstić information content (AvgIpc) is 2.67. The first-order valence-corrected chi connectivity index (χ1v) is 5.00. The summed E-state index contributed by atoms with van der Waals surface area (Å²) < 4.78 is 24.2. The van der Waals surface area contributed by atoms with Gasteiger partial charge in [-0.2, -0.15) is 8.78 Å². The largest absolute Gasteiger partial charge is 0.333 e. The maximum Gasteiger partial charge on any atom is 0.315 e. The Morgan fingerprint density at radius 3 is 2.64 bits per heavy atom. The number of rotatable bonds is 3. The normalized spacial score (nSPS) is 12.9. The van der Waals surface area contributed by atoms with Crippen LogP contribution >= 0.6 is 11.3 Å². The summed E-state index contributed by atoms with van der Waals surface area (Å²) >= 11 is 1.45. The fourth-order valence-corrected chi connectivity index (χ4v) is 1.89. The highest BCUT2D eigenvalue weighted by atomic mass is 32.1. The number of amides is 1. The summed E-state index contributed by atoms with van der Waals surface area (Å²) in [4.78, 5) is 12.9. The topological polar surface area (TPSA) is 20.3 Å². The minimum absolute atomic E-state index is 0.295. The third-order valence-electron chi connectivity index (χ3n) is 2.07. The molecule has 0 aliphatic rings. The number of hydrogen-bond acceptors (Lipinski definition) is 2. The van der Waals surface area contributed by atoms with E-state index < -0.39 is 12.3 Å². The number of nitrogens with zero attached hydrogens (tertiary/aromatic N) is 1. The second kappa shape index (κ2) is 4.50. The molecule has 0 radical (unpaired) electrons. The van der Waals surface area contributed by atoms with Gasteiger partial charge in [-0.25, -0.2) is 0 Å². The van der Waals surface area contributed by atoms with E-state index in [4.69, 9.17) is 0 Å². The molecule has 0 saturated carbocycles. The SMILES string of the molecule is CC(c1cccs1)N(C)C(=O)C(F)F. The van der Waals surface area contributed by atoms with Crippen LogP contribution in [0.25, 0.3) is 0 Å². The van der Waals surface area contributed by atoms with Crippen LogP contribution in [0.15, 0.2) is 17.5 Å². The molecule has 0 N–H and O–H groups in total. The third-order valence-corrected chi connectivity index (χ3v) is 3.11. The van der Waals surface area contributed by atoms with Crippen LogP contribution in [0.1, 0.15) is 17.8 Å². The second-order valence-corrected chi connectivity index (χ2v) is 3.92. The highest BCUT2D eigenvalue weighted by Gasteiger charge is 2.25. The minimum Gasteiger partial charge on any atom is -0.333 e. The van der Waals surface area contributed by atoms with Gasteiger partial charge in [0.1, 0.15) is 0 Å². The molecule has 1 rings (SSSR count). The van der Waals surface area contributed by atoms with Gasteiger partial charge in [-0.05, 0) is 18.4 Å². The molecule has 1 aromatic rings. The van der Waals surface area contributed by atoms with Gasteiger partial charge in [0, 0.05) is 11.9 Å². The van der Waals surface area contributed by atoms with E-state index >= 15 is 0 Å². The number of carbonyl (C=O) groups excluding carboxylic acids is 1. The van der Waals surface area contributed by atoms with Crippen molar-refractivity contribution in [3.05, 3.63) is 22.4 Å². The predicted octanol–water partition coefficient (Wildman–Crippen LogP) is 2.53. The Bertz CT molecular complexity index is 300. The Balaban J connectivity index is 2.70. The van der Waals surface area contributed by atoms with Gasteiger partial charge in [-0.3, -0.25) is 4.79 Å². The van der Waals surface area contributed by atoms with Crippen molar-refractivity contribution in [1.29, 1.82) is 0 Å². The molecule has 14 heavy (non-hydrogen) atoms. The fourth-order valence-electron chi connectivity index (χ4n) is 1.06. The minimum atomic E-state index is -2.93. The Labute approximate surface area is 85.1 Å². The zero-order valence-corrected chi connectivity index (χ0v) is 8.72. The number of carbonyl (C=O) groups is 1. The monoisotopic (exact) mass is 219 g/mol. The molecule has 5 heteroatoms. The molecule has 1 aromatic heterocycles. The molecule has 0 aliphatic heterocycles. The summed E-state index contributed by atoms with van der Waals surface area (Å²) in [6.45, 7) is 1.73. The van der Waals surface area contributed by atoms with Gasteiger partial charge >= 0.3 is 6.43 Å². The first-order valence-electron chi connectivity index (χ1n) is 4.12. The summed E-state index contributed by atoms with van der Waals surface area (Å²) in [7, 11) is 1.39. The van der Waals surface area contributed by atoms with E-state index in [1.807, 2.05) is 17.5 Å². The fraction of sp³-hybridized carbons (Fsp3) is 0.444. The van der Waals surface area contributed by atoms with Crippen LogP contribution in [0.4, 0.5) is 8.78 Å². The van der Waals surface area contributed by atoms with E-state index in [2.05, 4.69) is 0 Å². The second-order valence-electron chi connectivity index (χ2n) is 2.94. The molecule has 78 valence electrons. The Hall–Kier alpha value is -0.970. The molecule has 0 saturated heterocycles. The van der Waals surface area contributed by atoms with Crippen LogP contribution in [0.5, 0.6) is 0 Å². The van der Waals surface area contributed by atoms with Crippen molar-refractivity contribution in [3.8, 4) is 0 Å². The molecule has 0 aliphatic carbocycles. The molecule has 1 atom stereocenters. The van der Waals surface area contributed by atoms with Gasteiger partial charge in [0.2, 0.25) is 0 Å². The van der Waals surface area contributed by atoms with Crippen molar-refractivity contribution >= 4 is 17.2 Å². The molecule has 1 unspecified atom stereocenters. The van der Waals surface area contributed by atoms with Crippen LogP contribution in [0.2, 0.25) is 0 Å². The molecule has 0 bridgehead atoms. The molecule has 0 aromatic carbocycles. The standard InChI is InChI=1S/C9H11F2NOS/c1-6(7-4-3-5-14-7)12(2)9(13)8(10)11/h3-6,8H,1-2H3. The molecule has 0 fully saturated rings. The summed E-state index contributed by atoms with van der Waals surface area (Å²) in [6, 6.07) is 3.36. The van der Waals surface area contributed by atoms with Crippen LogP contribution < -0.4 is 0 Å². The highest BCUT2D eigenvalue weighted by Crippen LogP contribution is 2.24. The lowest BCUT2D eigenvalue weighted by molar-refractivity contribution is -0.143. The smallest absolute Gasteiger partial charge is 0.315 e. The van der Waals surface area contributed by atoms with E-state index in [9.17, 15) is 13.6 Å². The van der Waals surface area contributed by atoms with Crippen molar-refractivity contribution in [2.24, 2.45) is 0 Å². The molecular weight excluding hydrogens is 208 g/mol. The average molecular weight is 219 g/mol. The summed E-state index contributed by atoms with van der Waals surface area (Å²) in [5.41, 5.74) is 0. The van der Waals surface area contributed by atoms with Crippen LogP contribution in [0.3, 0.4) is 0 Å². The van der Waals surface area contributed by atoms with Gasteiger partial charge in [-0.1, -0.05) is 6.07 Å². The number of alkyl halides is 2. The highest BCUT2D eigenvalue weighted by molar-refractivity contribution is 7.10. The van der Waals surface area contributed by atoms with E-state index in [1.54, 1.807) is 6.92 Å². The first-order chi connectivity index (χ1) is 6.54. The molecule has 2 nitrogen and oxygen atoms in total. The Kier molecular flexibility index (Phi) is 3.57. The van der Waals surface area contributed by atoms with Crippen molar-refractivity contribution in [2.75, 3.05) is 7.05 Å². The van der Waals surface area contributed by atoms with Crippen molar-refractivity contribution in [3.63, 3.8) is 0 Å². The van der Waals surface area contributed by atoms with Crippen molar-refractivity contribution in [1.82, 2.24) is 4.90 Å². The maximum absolute atomic E-state index is 12.1. The van der Waals surface area contributed by atoms with Crippen molar-refractivity contribution < 1.29 is 13.6 Å².